The van der Waals surface area contributed by atoms with E-state index >= 15 is 0 Å². The highest BCUT2D eigenvalue weighted by Crippen LogP contribution is 2.06. The van der Waals surface area contributed by atoms with E-state index in [1.807, 2.05) is 13.8 Å². The summed E-state index contributed by atoms with van der Waals surface area (Å²) < 4.78 is 1.28. The first-order chi connectivity index (χ1) is 7.95. The first-order valence-electron chi connectivity index (χ1n) is 5.39. The summed E-state index contributed by atoms with van der Waals surface area (Å²) in [6, 6.07) is 1.42. The van der Waals surface area contributed by atoms with E-state index in [-0.39, 0.29) is 24.3 Å². The molecule has 0 N–H and O–H groups in total. The smallest absolute Gasteiger partial charge is 0.358 e. The minimum atomic E-state index is -0.584. The third-order valence-corrected chi connectivity index (χ3v) is 2.76. The van der Waals surface area contributed by atoms with Gasteiger partial charge in [-0.3, -0.25) is 4.79 Å². The molecular weight excluding hydrogens is 224 g/mol. The number of rotatable bonds is 5. The molecular formula is C10H16N4O3. The molecule has 0 bridgehead atoms. The molecule has 17 heavy (non-hydrogen) atoms. The molecule has 1 unspecified atom stereocenters. The topological polar surface area (TPSA) is 81.3 Å². The lowest BCUT2D eigenvalue weighted by molar-refractivity contribution is -0.389. The predicted octanol–water partition coefficient (Wildman–Crippen LogP) is 1.05. The second-order valence-electron chi connectivity index (χ2n) is 3.89. The second kappa shape index (κ2) is 5.42. The van der Waals surface area contributed by atoms with Crippen molar-refractivity contribution in [3.63, 3.8) is 0 Å². The molecule has 0 radical (unpaired) electrons. The highest BCUT2D eigenvalue weighted by atomic mass is 16.6. The summed E-state index contributed by atoms with van der Waals surface area (Å²) >= 11 is 0. The van der Waals surface area contributed by atoms with Crippen LogP contribution < -0.4 is 0 Å². The average Bonchev–Trinajstić information content (AvgIpc) is 2.75. The maximum Gasteiger partial charge on any atom is 0.389 e. The molecule has 0 aliphatic heterocycles. The Hall–Kier alpha value is -1.92. The van der Waals surface area contributed by atoms with Crippen LogP contribution in [0.1, 0.15) is 20.3 Å². The molecule has 7 nitrogen and oxygen atoms in total. The molecule has 1 amide bonds. The minimum Gasteiger partial charge on any atom is -0.358 e. The zero-order valence-electron chi connectivity index (χ0n) is 10.2. The molecule has 0 spiro atoms. The monoisotopic (exact) mass is 240 g/mol. The van der Waals surface area contributed by atoms with Gasteiger partial charge in [0.25, 0.3) is 0 Å². The van der Waals surface area contributed by atoms with Crippen LogP contribution in [0.15, 0.2) is 12.3 Å². The second-order valence-corrected chi connectivity index (χ2v) is 3.89. The number of carbonyl (C=O) groups excluding carboxylic acids is 1. The molecule has 1 atom stereocenters. The van der Waals surface area contributed by atoms with Gasteiger partial charge in [-0.1, -0.05) is 6.92 Å². The van der Waals surface area contributed by atoms with Crippen LogP contribution >= 0.6 is 0 Å². The standard InChI is InChI=1S/C10H16N4O3/c1-4-8(2)12(3)10(15)7-13-6-5-9(11-13)14(16)17/h5-6,8H,4,7H2,1-3H3. The van der Waals surface area contributed by atoms with Crippen molar-refractivity contribution in [1.82, 2.24) is 14.7 Å². The fourth-order valence-electron chi connectivity index (χ4n) is 1.31. The quantitative estimate of drug-likeness (QED) is 0.569. The molecule has 0 aliphatic rings. The molecule has 1 aromatic rings. The summed E-state index contributed by atoms with van der Waals surface area (Å²) in [5, 5.41) is 14.1. The van der Waals surface area contributed by atoms with Gasteiger partial charge in [-0.25, -0.2) is 0 Å². The van der Waals surface area contributed by atoms with E-state index in [0.717, 1.165) is 6.42 Å². The van der Waals surface area contributed by atoms with Gasteiger partial charge in [-0.05, 0) is 18.3 Å². The number of hydrogen-bond donors (Lipinski definition) is 0. The Morgan fingerprint density at radius 1 is 1.71 bits per heavy atom. The summed E-state index contributed by atoms with van der Waals surface area (Å²) in [6.45, 7) is 3.96. The van der Waals surface area contributed by atoms with Crippen LogP contribution in [-0.4, -0.2) is 38.6 Å². The summed E-state index contributed by atoms with van der Waals surface area (Å²) in [6.07, 6.45) is 2.29. The van der Waals surface area contributed by atoms with Gasteiger partial charge < -0.3 is 15.0 Å². The van der Waals surface area contributed by atoms with Gasteiger partial charge in [-0.15, -0.1) is 0 Å². The van der Waals surface area contributed by atoms with Crippen molar-refractivity contribution in [2.75, 3.05) is 7.05 Å². The number of nitro groups is 1. The molecule has 94 valence electrons. The molecule has 1 aromatic heterocycles. The lowest BCUT2D eigenvalue weighted by Gasteiger charge is -2.23. The fourth-order valence-corrected chi connectivity index (χ4v) is 1.31. The van der Waals surface area contributed by atoms with E-state index in [2.05, 4.69) is 5.10 Å². The van der Waals surface area contributed by atoms with Gasteiger partial charge >= 0.3 is 5.82 Å². The number of aromatic nitrogens is 2. The molecule has 0 saturated carbocycles. The van der Waals surface area contributed by atoms with Crippen LogP contribution in [0, 0.1) is 10.1 Å². The van der Waals surface area contributed by atoms with Gasteiger partial charge in [0, 0.05) is 13.1 Å². The highest BCUT2D eigenvalue weighted by Gasteiger charge is 2.18. The van der Waals surface area contributed by atoms with E-state index in [0.29, 0.717) is 0 Å². The van der Waals surface area contributed by atoms with Crippen molar-refractivity contribution < 1.29 is 9.72 Å². The van der Waals surface area contributed by atoms with E-state index in [4.69, 9.17) is 0 Å². The average molecular weight is 240 g/mol. The molecule has 0 aromatic carbocycles. The van der Waals surface area contributed by atoms with Crippen molar-refractivity contribution in [3.05, 3.63) is 22.4 Å². The minimum absolute atomic E-state index is 0.0225. The van der Waals surface area contributed by atoms with Gasteiger partial charge in [0.05, 0.1) is 17.4 Å². The third-order valence-electron chi connectivity index (χ3n) is 2.76. The van der Waals surface area contributed by atoms with E-state index in [1.165, 1.54) is 16.9 Å². The first-order valence-corrected chi connectivity index (χ1v) is 5.39. The van der Waals surface area contributed by atoms with Crippen LogP contribution in [0.5, 0.6) is 0 Å². The predicted molar refractivity (Wildman–Crippen MR) is 61.4 cm³/mol. The largest absolute Gasteiger partial charge is 0.389 e. The summed E-state index contributed by atoms with van der Waals surface area (Å²) in [7, 11) is 1.72. The number of carbonyl (C=O) groups is 1. The van der Waals surface area contributed by atoms with Crippen LogP contribution in [0.4, 0.5) is 5.82 Å². The lowest BCUT2D eigenvalue weighted by atomic mass is 10.2. The Morgan fingerprint density at radius 2 is 2.35 bits per heavy atom. The van der Waals surface area contributed by atoms with Crippen molar-refractivity contribution in [3.8, 4) is 0 Å². The highest BCUT2D eigenvalue weighted by molar-refractivity contribution is 5.75. The molecule has 0 aliphatic carbocycles. The zero-order chi connectivity index (χ0) is 13.0. The Kier molecular flexibility index (Phi) is 4.19. The molecule has 7 heteroatoms. The van der Waals surface area contributed by atoms with Crippen molar-refractivity contribution in [2.24, 2.45) is 0 Å². The molecule has 0 saturated heterocycles. The third kappa shape index (κ3) is 3.27. The Bertz CT molecular complexity index is 415. The first kappa shape index (κ1) is 13.1. The van der Waals surface area contributed by atoms with Crippen LogP contribution in [0.25, 0.3) is 0 Å². The fraction of sp³-hybridized carbons (Fsp3) is 0.600. The van der Waals surface area contributed by atoms with E-state index in [1.54, 1.807) is 11.9 Å². The summed E-state index contributed by atoms with van der Waals surface area (Å²) in [5.41, 5.74) is 0. The van der Waals surface area contributed by atoms with Gasteiger partial charge in [0.2, 0.25) is 5.91 Å². The number of amides is 1. The molecule has 1 heterocycles. The maximum atomic E-state index is 11.8. The Morgan fingerprint density at radius 3 is 2.82 bits per heavy atom. The van der Waals surface area contributed by atoms with Gasteiger partial charge in [0.1, 0.15) is 6.54 Å². The van der Waals surface area contributed by atoms with Gasteiger partial charge in [-0.2, -0.15) is 4.68 Å². The Balaban J connectivity index is 2.64. The SMILES string of the molecule is CCC(C)N(C)C(=O)Cn1ccc([N+](=O)[O-])n1. The van der Waals surface area contributed by atoms with Crippen molar-refractivity contribution in [1.29, 1.82) is 0 Å². The summed E-state index contributed by atoms with van der Waals surface area (Å²) in [4.78, 5) is 23.2. The van der Waals surface area contributed by atoms with E-state index in [9.17, 15) is 14.9 Å². The molecule has 0 fully saturated rings. The summed E-state index contributed by atoms with van der Waals surface area (Å²) in [5.74, 6) is -0.360. The van der Waals surface area contributed by atoms with Crippen molar-refractivity contribution in [2.45, 2.75) is 32.9 Å². The lowest BCUT2D eigenvalue weighted by Crippen LogP contribution is -2.37. The number of nitrogens with zero attached hydrogens (tertiary/aromatic N) is 4. The Labute approximate surface area is 99.2 Å². The number of likely N-dealkylation sites (N-methyl/N-ethyl adjacent to an activating group) is 1. The van der Waals surface area contributed by atoms with Gasteiger partial charge in [0.15, 0.2) is 0 Å². The van der Waals surface area contributed by atoms with Crippen LogP contribution in [0.2, 0.25) is 0 Å². The van der Waals surface area contributed by atoms with Crippen molar-refractivity contribution >= 4 is 11.7 Å². The zero-order valence-corrected chi connectivity index (χ0v) is 10.2. The number of hydrogen-bond acceptors (Lipinski definition) is 4. The normalized spacial score (nSPS) is 12.2. The maximum absolute atomic E-state index is 11.8. The van der Waals surface area contributed by atoms with Crippen LogP contribution in [0.3, 0.4) is 0 Å². The van der Waals surface area contributed by atoms with Crippen LogP contribution in [-0.2, 0) is 11.3 Å². The van der Waals surface area contributed by atoms with E-state index < -0.39 is 4.92 Å². The molecule has 1 rings (SSSR count).